The molecule has 176 valence electrons. The van der Waals surface area contributed by atoms with Crippen molar-refractivity contribution in [1.29, 1.82) is 0 Å². The van der Waals surface area contributed by atoms with Gasteiger partial charge in [-0.1, -0.05) is 41.5 Å². The van der Waals surface area contributed by atoms with Crippen molar-refractivity contribution in [2.45, 2.75) is 98.1 Å². The molecule has 0 aromatic carbocycles. The van der Waals surface area contributed by atoms with Crippen molar-refractivity contribution in [2.24, 2.45) is 23.2 Å². The van der Waals surface area contributed by atoms with Crippen LogP contribution < -0.4 is 5.32 Å². The molecule has 0 saturated carbocycles. The third-order valence-corrected chi connectivity index (χ3v) is 6.91. The van der Waals surface area contributed by atoms with Gasteiger partial charge in [-0.2, -0.15) is 0 Å². The van der Waals surface area contributed by atoms with Crippen molar-refractivity contribution in [3.8, 4) is 0 Å². The number of hydrogen-bond donors (Lipinski definition) is 1. The van der Waals surface area contributed by atoms with Crippen LogP contribution in [-0.4, -0.2) is 47.0 Å². The first kappa shape index (κ1) is 25.3. The summed E-state index contributed by atoms with van der Waals surface area (Å²) in [7, 11) is 0. The van der Waals surface area contributed by atoms with Crippen molar-refractivity contribution in [2.75, 3.05) is 0 Å². The molecule has 2 aliphatic rings. The van der Waals surface area contributed by atoms with E-state index in [1.165, 1.54) is 0 Å². The van der Waals surface area contributed by atoms with Gasteiger partial charge < -0.3 is 14.8 Å². The highest BCUT2D eigenvalue weighted by Crippen LogP contribution is 2.40. The number of ether oxygens (including phenoxy) is 2. The Kier molecular flexibility index (Phi) is 6.94. The lowest BCUT2D eigenvalue weighted by molar-refractivity contribution is -0.179. The van der Waals surface area contributed by atoms with Gasteiger partial charge in [0.05, 0.1) is 6.04 Å². The number of carbonyl (C=O) groups excluding carboxylic acids is 4. The van der Waals surface area contributed by atoms with E-state index in [9.17, 15) is 19.2 Å². The standard InChI is InChI=1S/C23H36FNO6/c1-9-15-23(8)17(25-20(29)31-23)14(4)16(26)12(2)10-21(5,6)11-13(3)18(27)22(7,24)19(28)30-15/h12-15,17H,9-11H2,1-8H3,(H,25,29)/t12-,13-,14+,15-,17-,22+,23-/m1/s1. The van der Waals surface area contributed by atoms with Crippen molar-refractivity contribution < 1.29 is 33.0 Å². The minimum absolute atomic E-state index is 0.0531. The number of Topliss-reactive ketones (excluding diaryl/α,β-unsaturated/α-hetero) is 2. The van der Waals surface area contributed by atoms with Crippen molar-refractivity contribution in [1.82, 2.24) is 5.32 Å². The van der Waals surface area contributed by atoms with E-state index in [2.05, 4.69) is 5.32 Å². The number of fused-ring (bicyclic) bond motifs is 1. The zero-order chi connectivity index (χ0) is 23.9. The first-order chi connectivity index (χ1) is 14.1. The Hall–Kier alpha value is -1.99. The van der Waals surface area contributed by atoms with Gasteiger partial charge in [-0.15, -0.1) is 0 Å². The van der Waals surface area contributed by atoms with Gasteiger partial charge >= 0.3 is 12.1 Å². The number of alkyl halides is 1. The summed E-state index contributed by atoms with van der Waals surface area (Å²) in [6.07, 6.45) is -0.755. The van der Waals surface area contributed by atoms with Crippen LogP contribution in [0.3, 0.4) is 0 Å². The van der Waals surface area contributed by atoms with Crippen LogP contribution in [0.1, 0.15) is 74.7 Å². The van der Waals surface area contributed by atoms with Crippen LogP contribution in [0.5, 0.6) is 0 Å². The summed E-state index contributed by atoms with van der Waals surface area (Å²) in [6.45, 7) is 13.2. The second-order valence-electron chi connectivity index (χ2n) is 10.4. The number of nitrogens with one attached hydrogen (secondary N) is 1. The Morgan fingerprint density at radius 1 is 1.00 bits per heavy atom. The molecule has 7 atom stereocenters. The molecule has 0 radical (unpaired) electrons. The molecule has 0 unspecified atom stereocenters. The van der Waals surface area contributed by atoms with E-state index in [1.807, 2.05) is 20.8 Å². The average molecular weight is 442 g/mol. The molecule has 2 saturated heterocycles. The smallest absolute Gasteiger partial charge is 0.408 e. The highest BCUT2D eigenvalue weighted by molar-refractivity contribution is 6.07. The molecule has 2 fully saturated rings. The van der Waals surface area contributed by atoms with Crippen LogP contribution in [0.15, 0.2) is 0 Å². The summed E-state index contributed by atoms with van der Waals surface area (Å²) < 4.78 is 26.3. The van der Waals surface area contributed by atoms with E-state index < -0.39 is 58.5 Å². The number of cyclic esters (lactones) is 1. The number of ketones is 2. The number of alkyl carbamates (subject to hydrolysis) is 1. The molecule has 0 aromatic heterocycles. The Morgan fingerprint density at radius 2 is 1.55 bits per heavy atom. The third-order valence-electron chi connectivity index (χ3n) is 6.91. The SMILES string of the molecule is CC[C@H]1OC(=O)[C@@](C)(F)C(=O)[C@H](C)CC(C)(C)C[C@@H](C)C(=O)[C@H](C)[C@H]2NC(=O)O[C@@]21C. The van der Waals surface area contributed by atoms with Crippen LogP contribution in [0.25, 0.3) is 0 Å². The first-order valence-corrected chi connectivity index (χ1v) is 11.0. The molecule has 8 heteroatoms. The minimum atomic E-state index is -2.83. The molecule has 7 nitrogen and oxygen atoms in total. The van der Waals surface area contributed by atoms with E-state index in [0.717, 1.165) is 6.92 Å². The third kappa shape index (κ3) is 4.77. The van der Waals surface area contributed by atoms with Gasteiger partial charge in [-0.3, -0.25) is 9.59 Å². The minimum Gasteiger partial charge on any atom is -0.455 e. The van der Waals surface area contributed by atoms with E-state index in [-0.39, 0.29) is 18.1 Å². The molecule has 2 heterocycles. The fourth-order valence-electron chi connectivity index (χ4n) is 5.41. The molecular formula is C23H36FNO6. The number of carbonyl (C=O) groups is 4. The summed E-state index contributed by atoms with van der Waals surface area (Å²) in [5.41, 5.74) is -4.67. The Labute approximate surface area is 183 Å². The zero-order valence-corrected chi connectivity index (χ0v) is 19.8. The largest absolute Gasteiger partial charge is 0.455 e. The molecule has 2 aliphatic heterocycles. The van der Waals surface area contributed by atoms with Gasteiger partial charge in [-0.05, 0) is 38.5 Å². The molecule has 2 rings (SSSR count). The lowest BCUT2D eigenvalue weighted by Gasteiger charge is -2.39. The molecule has 1 amide bonds. The Morgan fingerprint density at radius 3 is 2.10 bits per heavy atom. The zero-order valence-electron chi connectivity index (χ0n) is 19.8. The quantitative estimate of drug-likeness (QED) is 0.491. The maximum absolute atomic E-state index is 15.4. The van der Waals surface area contributed by atoms with Crippen LogP contribution in [-0.2, 0) is 23.9 Å². The monoisotopic (exact) mass is 441 g/mol. The highest BCUT2D eigenvalue weighted by atomic mass is 19.1. The van der Waals surface area contributed by atoms with Crippen molar-refractivity contribution in [3.63, 3.8) is 0 Å². The van der Waals surface area contributed by atoms with E-state index in [1.54, 1.807) is 27.7 Å². The van der Waals surface area contributed by atoms with E-state index >= 15 is 4.39 Å². The van der Waals surface area contributed by atoms with Crippen LogP contribution in [0.2, 0.25) is 0 Å². The summed E-state index contributed by atoms with van der Waals surface area (Å²) in [6, 6.07) is -0.765. The second kappa shape index (κ2) is 8.51. The summed E-state index contributed by atoms with van der Waals surface area (Å²) in [4.78, 5) is 51.0. The molecule has 31 heavy (non-hydrogen) atoms. The van der Waals surface area contributed by atoms with E-state index in [0.29, 0.717) is 12.8 Å². The fourth-order valence-corrected chi connectivity index (χ4v) is 5.41. The van der Waals surface area contributed by atoms with Gasteiger partial charge in [0.2, 0.25) is 0 Å². The highest BCUT2D eigenvalue weighted by Gasteiger charge is 2.57. The molecule has 0 aromatic rings. The summed E-state index contributed by atoms with van der Waals surface area (Å²) in [5.74, 6) is -3.92. The first-order valence-electron chi connectivity index (χ1n) is 11.0. The van der Waals surface area contributed by atoms with Crippen LogP contribution in [0.4, 0.5) is 9.18 Å². The molecule has 0 bridgehead atoms. The topological polar surface area (TPSA) is 98.8 Å². The second-order valence-corrected chi connectivity index (χ2v) is 10.4. The lowest BCUT2D eigenvalue weighted by atomic mass is 9.71. The number of esters is 1. The molecule has 1 N–H and O–H groups in total. The number of amides is 1. The average Bonchev–Trinajstić information content (AvgIpc) is 2.97. The van der Waals surface area contributed by atoms with Crippen molar-refractivity contribution >= 4 is 23.6 Å². The summed E-state index contributed by atoms with van der Waals surface area (Å²) in [5, 5.41) is 2.68. The van der Waals surface area contributed by atoms with E-state index in [4.69, 9.17) is 9.47 Å². The predicted molar refractivity (Wildman–Crippen MR) is 112 cm³/mol. The molecule has 0 aliphatic carbocycles. The van der Waals surface area contributed by atoms with Crippen LogP contribution >= 0.6 is 0 Å². The molecule has 0 spiro atoms. The van der Waals surface area contributed by atoms with Gasteiger partial charge in [0.25, 0.3) is 5.67 Å². The number of hydrogen-bond acceptors (Lipinski definition) is 6. The molecular weight excluding hydrogens is 405 g/mol. The fraction of sp³-hybridized carbons (Fsp3) is 0.826. The van der Waals surface area contributed by atoms with Gasteiger partial charge in [0.15, 0.2) is 11.4 Å². The maximum atomic E-state index is 15.4. The number of rotatable bonds is 1. The van der Waals surface area contributed by atoms with Gasteiger partial charge in [-0.25, -0.2) is 14.0 Å². The van der Waals surface area contributed by atoms with Gasteiger partial charge in [0.1, 0.15) is 11.9 Å². The summed E-state index contributed by atoms with van der Waals surface area (Å²) >= 11 is 0. The predicted octanol–water partition coefficient (Wildman–Crippen LogP) is 3.77. The maximum Gasteiger partial charge on any atom is 0.408 e. The van der Waals surface area contributed by atoms with Gasteiger partial charge in [0, 0.05) is 17.8 Å². The Balaban J connectivity index is 2.56. The number of halogens is 1. The van der Waals surface area contributed by atoms with Crippen LogP contribution in [0, 0.1) is 23.2 Å². The normalized spacial score (nSPS) is 42.2. The lowest BCUT2D eigenvalue weighted by Crippen LogP contribution is -2.58. The Bertz CT molecular complexity index is 763. The van der Waals surface area contributed by atoms with Crippen molar-refractivity contribution in [3.05, 3.63) is 0 Å².